The fourth-order valence-corrected chi connectivity index (χ4v) is 4.09. The molecule has 1 aliphatic rings. The molecule has 1 aliphatic heterocycles. The standard InChI is InChI=1S/C27H30N2O5/c1-31-24-17-21(18-25(32-2)26(24)33-3)27(30)29-14-12-28(13-15-29)19-20-8-7-11-23(16-20)34-22-9-5-4-6-10-22/h4-11,16-18H,12-15,19H2,1-3H3. The third-order valence-corrected chi connectivity index (χ3v) is 5.85. The average molecular weight is 463 g/mol. The van der Waals surface area contributed by atoms with E-state index in [1.54, 1.807) is 33.5 Å². The number of piperazine rings is 1. The first kappa shape index (κ1) is 23.4. The van der Waals surface area contributed by atoms with Gasteiger partial charge in [0.25, 0.3) is 5.91 Å². The van der Waals surface area contributed by atoms with Crippen molar-refractivity contribution < 1.29 is 23.7 Å². The molecule has 1 heterocycles. The van der Waals surface area contributed by atoms with E-state index in [9.17, 15) is 4.79 Å². The quantitative estimate of drug-likeness (QED) is 0.493. The lowest BCUT2D eigenvalue weighted by molar-refractivity contribution is 0.0627. The van der Waals surface area contributed by atoms with Crippen LogP contribution in [0.2, 0.25) is 0 Å². The Morgan fingerprint density at radius 3 is 2.03 bits per heavy atom. The van der Waals surface area contributed by atoms with Crippen molar-refractivity contribution in [2.75, 3.05) is 47.5 Å². The Balaban J connectivity index is 1.36. The molecule has 0 atom stereocenters. The molecule has 0 spiro atoms. The first-order chi connectivity index (χ1) is 16.6. The SMILES string of the molecule is COc1cc(C(=O)N2CCN(Cc3cccc(Oc4ccccc4)c3)CC2)cc(OC)c1OC. The molecule has 7 heteroatoms. The smallest absolute Gasteiger partial charge is 0.254 e. The van der Waals surface area contributed by atoms with Crippen molar-refractivity contribution in [2.24, 2.45) is 0 Å². The number of amides is 1. The monoisotopic (exact) mass is 462 g/mol. The van der Waals surface area contributed by atoms with Crippen LogP contribution in [0.25, 0.3) is 0 Å². The number of benzene rings is 3. The van der Waals surface area contributed by atoms with Gasteiger partial charge in [-0.2, -0.15) is 0 Å². The number of methoxy groups -OCH3 is 3. The van der Waals surface area contributed by atoms with Gasteiger partial charge in [-0.1, -0.05) is 30.3 Å². The summed E-state index contributed by atoms with van der Waals surface area (Å²) in [5.41, 5.74) is 1.70. The lowest BCUT2D eigenvalue weighted by Crippen LogP contribution is -2.48. The van der Waals surface area contributed by atoms with Crippen LogP contribution in [0, 0.1) is 0 Å². The van der Waals surface area contributed by atoms with Gasteiger partial charge in [0.05, 0.1) is 21.3 Å². The maximum atomic E-state index is 13.2. The van der Waals surface area contributed by atoms with E-state index in [0.29, 0.717) is 35.9 Å². The van der Waals surface area contributed by atoms with Crippen LogP contribution in [-0.4, -0.2) is 63.2 Å². The summed E-state index contributed by atoms with van der Waals surface area (Å²) in [5.74, 6) is 3.02. The van der Waals surface area contributed by atoms with Crippen molar-refractivity contribution in [3.8, 4) is 28.7 Å². The number of rotatable bonds is 8. The molecule has 7 nitrogen and oxygen atoms in total. The van der Waals surface area contributed by atoms with Gasteiger partial charge in [-0.3, -0.25) is 9.69 Å². The molecule has 0 radical (unpaired) electrons. The van der Waals surface area contributed by atoms with Crippen molar-refractivity contribution in [2.45, 2.75) is 6.54 Å². The van der Waals surface area contributed by atoms with Crippen molar-refractivity contribution in [3.63, 3.8) is 0 Å². The van der Waals surface area contributed by atoms with Crippen LogP contribution in [0.3, 0.4) is 0 Å². The first-order valence-corrected chi connectivity index (χ1v) is 11.2. The zero-order valence-electron chi connectivity index (χ0n) is 19.8. The molecule has 0 aliphatic carbocycles. The van der Waals surface area contributed by atoms with Crippen LogP contribution in [0.5, 0.6) is 28.7 Å². The van der Waals surface area contributed by atoms with Gasteiger partial charge in [0.15, 0.2) is 11.5 Å². The molecule has 0 N–H and O–H groups in total. The van der Waals surface area contributed by atoms with E-state index in [-0.39, 0.29) is 5.91 Å². The second-order valence-corrected chi connectivity index (χ2v) is 8.04. The summed E-state index contributed by atoms with van der Waals surface area (Å²) in [6, 6.07) is 21.3. The minimum absolute atomic E-state index is 0.0443. The maximum Gasteiger partial charge on any atom is 0.254 e. The third kappa shape index (κ3) is 5.43. The molecule has 0 aromatic heterocycles. The van der Waals surface area contributed by atoms with Gasteiger partial charge in [0.2, 0.25) is 5.75 Å². The number of ether oxygens (including phenoxy) is 4. The number of carbonyl (C=O) groups is 1. The van der Waals surface area contributed by atoms with Crippen LogP contribution < -0.4 is 18.9 Å². The highest BCUT2D eigenvalue weighted by Crippen LogP contribution is 2.38. The van der Waals surface area contributed by atoms with Crippen molar-refractivity contribution >= 4 is 5.91 Å². The molecule has 0 saturated carbocycles. The van der Waals surface area contributed by atoms with E-state index >= 15 is 0 Å². The molecule has 1 fully saturated rings. The summed E-state index contributed by atoms with van der Waals surface area (Å²) in [5, 5.41) is 0. The number of hydrogen-bond donors (Lipinski definition) is 0. The Morgan fingerprint density at radius 1 is 0.765 bits per heavy atom. The van der Waals surface area contributed by atoms with Gasteiger partial charge >= 0.3 is 0 Å². The van der Waals surface area contributed by atoms with Crippen LogP contribution >= 0.6 is 0 Å². The molecular weight excluding hydrogens is 432 g/mol. The zero-order chi connectivity index (χ0) is 23.9. The second kappa shape index (κ2) is 10.9. The van der Waals surface area contributed by atoms with E-state index in [1.807, 2.05) is 47.4 Å². The van der Waals surface area contributed by atoms with E-state index < -0.39 is 0 Å². The highest BCUT2D eigenvalue weighted by Gasteiger charge is 2.25. The number of hydrogen-bond acceptors (Lipinski definition) is 6. The number of para-hydroxylation sites is 1. The third-order valence-electron chi connectivity index (χ3n) is 5.85. The molecule has 34 heavy (non-hydrogen) atoms. The summed E-state index contributed by atoms with van der Waals surface area (Å²) >= 11 is 0. The number of nitrogens with zero attached hydrogens (tertiary/aromatic N) is 2. The molecular formula is C27H30N2O5. The van der Waals surface area contributed by atoms with Crippen molar-refractivity contribution in [1.29, 1.82) is 0 Å². The molecule has 0 unspecified atom stereocenters. The zero-order valence-corrected chi connectivity index (χ0v) is 19.8. The minimum Gasteiger partial charge on any atom is -0.493 e. The van der Waals surface area contributed by atoms with Crippen molar-refractivity contribution in [3.05, 3.63) is 77.9 Å². The van der Waals surface area contributed by atoms with Gasteiger partial charge in [0, 0.05) is 38.3 Å². The molecule has 1 saturated heterocycles. The van der Waals surface area contributed by atoms with Crippen LogP contribution in [-0.2, 0) is 6.54 Å². The highest BCUT2D eigenvalue weighted by atomic mass is 16.5. The Hall–Kier alpha value is -3.71. The Bertz CT molecular complexity index is 1090. The van der Waals surface area contributed by atoms with Gasteiger partial charge in [0.1, 0.15) is 11.5 Å². The fraction of sp³-hybridized carbons (Fsp3) is 0.296. The summed E-state index contributed by atoms with van der Waals surface area (Å²) < 4.78 is 22.1. The summed E-state index contributed by atoms with van der Waals surface area (Å²) in [4.78, 5) is 17.4. The van der Waals surface area contributed by atoms with E-state index in [4.69, 9.17) is 18.9 Å². The lowest BCUT2D eigenvalue weighted by atomic mass is 10.1. The first-order valence-electron chi connectivity index (χ1n) is 11.2. The molecule has 4 rings (SSSR count). The van der Waals surface area contributed by atoms with E-state index in [2.05, 4.69) is 17.0 Å². The predicted octanol–water partition coefficient (Wildman–Crippen LogP) is 4.46. The molecule has 3 aromatic carbocycles. The average Bonchev–Trinajstić information content (AvgIpc) is 2.88. The Kier molecular flexibility index (Phi) is 7.54. The summed E-state index contributed by atoms with van der Waals surface area (Å²) in [6.45, 7) is 3.68. The van der Waals surface area contributed by atoms with Gasteiger partial charge < -0.3 is 23.8 Å². The van der Waals surface area contributed by atoms with Gasteiger partial charge in [-0.05, 0) is 42.0 Å². The largest absolute Gasteiger partial charge is 0.493 e. The second-order valence-electron chi connectivity index (χ2n) is 8.04. The topological polar surface area (TPSA) is 60.5 Å². The Labute approximate surface area is 200 Å². The van der Waals surface area contributed by atoms with Crippen LogP contribution in [0.4, 0.5) is 0 Å². The highest BCUT2D eigenvalue weighted by molar-refractivity contribution is 5.95. The number of carbonyl (C=O) groups excluding carboxylic acids is 1. The molecule has 178 valence electrons. The fourth-order valence-electron chi connectivity index (χ4n) is 4.09. The Morgan fingerprint density at radius 2 is 1.41 bits per heavy atom. The summed E-state index contributed by atoms with van der Waals surface area (Å²) in [7, 11) is 4.64. The summed E-state index contributed by atoms with van der Waals surface area (Å²) in [6.07, 6.45) is 0. The van der Waals surface area contributed by atoms with E-state index in [1.165, 1.54) is 5.56 Å². The molecule has 0 bridgehead atoms. The van der Waals surface area contributed by atoms with Crippen LogP contribution in [0.1, 0.15) is 15.9 Å². The van der Waals surface area contributed by atoms with E-state index in [0.717, 1.165) is 31.1 Å². The van der Waals surface area contributed by atoms with Gasteiger partial charge in [-0.25, -0.2) is 0 Å². The molecule has 3 aromatic rings. The molecule has 1 amide bonds. The van der Waals surface area contributed by atoms with Crippen molar-refractivity contribution in [1.82, 2.24) is 9.80 Å². The predicted molar refractivity (Wildman–Crippen MR) is 130 cm³/mol. The lowest BCUT2D eigenvalue weighted by Gasteiger charge is -2.35. The normalized spacial score (nSPS) is 13.9. The van der Waals surface area contributed by atoms with Gasteiger partial charge in [-0.15, -0.1) is 0 Å². The minimum atomic E-state index is -0.0443. The maximum absolute atomic E-state index is 13.2. The van der Waals surface area contributed by atoms with Crippen LogP contribution in [0.15, 0.2) is 66.7 Å².